The molecular weight excluding hydrogens is 517 g/mol. The van der Waals surface area contributed by atoms with Gasteiger partial charge in [0, 0.05) is 23.4 Å². The number of halogens is 4. The second-order valence-electron chi connectivity index (χ2n) is 7.52. The van der Waals surface area contributed by atoms with Crippen LogP contribution in [-0.2, 0) is 6.18 Å². The number of rotatable bonds is 7. The minimum Gasteiger partial charge on any atom is -0.497 e. The largest absolute Gasteiger partial charge is 0.497 e. The van der Waals surface area contributed by atoms with Gasteiger partial charge in [-0.1, -0.05) is 11.6 Å². The molecule has 0 bridgehead atoms. The molecule has 0 fully saturated rings. The predicted molar refractivity (Wildman–Crippen MR) is 129 cm³/mol. The third-order valence-electron chi connectivity index (χ3n) is 5.35. The van der Waals surface area contributed by atoms with Gasteiger partial charge < -0.3 is 24.3 Å². The highest BCUT2D eigenvalue weighted by Gasteiger charge is 2.37. The lowest BCUT2D eigenvalue weighted by atomic mass is 10.1. The third-order valence-corrected chi connectivity index (χ3v) is 5.69. The van der Waals surface area contributed by atoms with E-state index in [0.29, 0.717) is 21.6 Å². The van der Waals surface area contributed by atoms with Crippen molar-refractivity contribution in [1.29, 1.82) is 0 Å². The Morgan fingerprint density at radius 3 is 2.08 bits per heavy atom. The molecule has 9 nitrogen and oxygen atoms in total. The molecule has 0 unspecified atom stereocenters. The van der Waals surface area contributed by atoms with Crippen molar-refractivity contribution in [1.82, 2.24) is 14.6 Å². The quantitative estimate of drug-likeness (QED) is 0.340. The topological polar surface area (TPSA) is 96.2 Å². The van der Waals surface area contributed by atoms with Gasteiger partial charge in [-0.3, -0.25) is 4.79 Å². The second-order valence-corrected chi connectivity index (χ2v) is 7.90. The number of nitrogens with zero attached hydrogens (tertiary/aromatic N) is 3. The van der Waals surface area contributed by atoms with Gasteiger partial charge >= 0.3 is 6.18 Å². The molecule has 0 atom stereocenters. The Morgan fingerprint density at radius 2 is 1.57 bits per heavy atom. The number of ether oxygens (including phenoxy) is 4. The molecule has 1 amide bonds. The maximum atomic E-state index is 14.0. The van der Waals surface area contributed by atoms with Crippen molar-refractivity contribution in [3.8, 4) is 34.3 Å². The van der Waals surface area contributed by atoms with Gasteiger partial charge in [-0.05, 0) is 30.3 Å². The summed E-state index contributed by atoms with van der Waals surface area (Å²) >= 11 is 6.35. The number of carbonyl (C=O) groups excluding carboxylic acids is 1. The highest BCUT2D eigenvalue weighted by Crippen LogP contribution is 2.40. The van der Waals surface area contributed by atoms with E-state index < -0.39 is 23.5 Å². The monoisotopic (exact) mass is 536 g/mol. The summed E-state index contributed by atoms with van der Waals surface area (Å²) in [6, 6.07) is 10.0. The van der Waals surface area contributed by atoms with E-state index in [0.717, 1.165) is 6.07 Å². The molecule has 0 aliphatic carbocycles. The third kappa shape index (κ3) is 4.92. The van der Waals surface area contributed by atoms with Gasteiger partial charge in [-0.2, -0.15) is 18.3 Å². The first-order chi connectivity index (χ1) is 17.6. The highest BCUT2D eigenvalue weighted by molar-refractivity contribution is 6.37. The van der Waals surface area contributed by atoms with Crippen LogP contribution in [0.5, 0.6) is 23.0 Å². The van der Waals surface area contributed by atoms with Crippen molar-refractivity contribution in [2.45, 2.75) is 6.18 Å². The number of benzene rings is 2. The van der Waals surface area contributed by atoms with E-state index in [-0.39, 0.29) is 33.6 Å². The molecule has 0 radical (unpaired) electrons. The number of aromatic nitrogens is 3. The van der Waals surface area contributed by atoms with Gasteiger partial charge in [0.05, 0.1) is 34.1 Å². The normalized spacial score (nSPS) is 11.4. The molecule has 4 rings (SSSR count). The SMILES string of the molecule is COc1ccc(-c2cc(C(F)(F)F)n3nc(C(=O)Nc4cc(OC)c(OC)c(OC)c4)c(Cl)c3n2)cc1. The highest BCUT2D eigenvalue weighted by atomic mass is 35.5. The minimum absolute atomic E-state index is 0.0131. The molecule has 2 aromatic heterocycles. The first kappa shape index (κ1) is 25.9. The zero-order valence-electron chi connectivity index (χ0n) is 19.9. The van der Waals surface area contributed by atoms with Crippen LogP contribution < -0.4 is 24.3 Å². The molecule has 1 N–H and O–H groups in total. The lowest BCUT2D eigenvalue weighted by Gasteiger charge is -2.14. The van der Waals surface area contributed by atoms with Crippen molar-refractivity contribution in [3.63, 3.8) is 0 Å². The summed E-state index contributed by atoms with van der Waals surface area (Å²) in [6.45, 7) is 0. The Kier molecular flexibility index (Phi) is 7.03. The summed E-state index contributed by atoms with van der Waals surface area (Å²) in [7, 11) is 5.68. The second kappa shape index (κ2) is 10.1. The van der Waals surface area contributed by atoms with Crippen LogP contribution in [0.4, 0.5) is 18.9 Å². The lowest BCUT2D eigenvalue weighted by Crippen LogP contribution is -2.16. The number of anilines is 1. The van der Waals surface area contributed by atoms with Crippen molar-refractivity contribution in [3.05, 3.63) is 58.9 Å². The van der Waals surface area contributed by atoms with E-state index in [9.17, 15) is 18.0 Å². The van der Waals surface area contributed by atoms with E-state index in [1.165, 1.54) is 40.6 Å². The number of amides is 1. The van der Waals surface area contributed by atoms with Crippen molar-refractivity contribution < 1.29 is 36.9 Å². The molecule has 0 saturated carbocycles. The Bertz CT molecular complexity index is 1450. The van der Waals surface area contributed by atoms with Crippen molar-refractivity contribution in [2.24, 2.45) is 0 Å². The first-order valence-corrected chi connectivity index (χ1v) is 10.9. The molecule has 0 spiro atoms. The predicted octanol–water partition coefficient (Wildman–Crippen LogP) is 5.36. The Balaban J connectivity index is 1.80. The molecular formula is C24H20ClF3N4O5. The zero-order valence-corrected chi connectivity index (χ0v) is 20.7. The molecule has 0 aliphatic rings. The maximum Gasteiger partial charge on any atom is 0.433 e. The fourth-order valence-electron chi connectivity index (χ4n) is 3.59. The number of hydrogen-bond donors (Lipinski definition) is 1. The zero-order chi connectivity index (χ0) is 26.9. The van der Waals surface area contributed by atoms with Crippen molar-refractivity contribution >= 4 is 28.8 Å². The molecule has 0 aliphatic heterocycles. The smallest absolute Gasteiger partial charge is 0.433 e. The molecule has 194 valence electrons. The van der Waals surface area contributed by atoms with Crippen LogP contribution >= 0.6 is 11.6 Å². The fraction of sp³-hybridized carbons (Fsp3) is 0.208. The molecule has 2 aromatic carbocycles. The van der Waals surface area contributed by atoms with Crippen LogP contribution in [0.15, 0.2) is 42.5 Å². The van der Waals surface area contributed by atoms with Crippen LogP contribution in [-0.4, -0.2) is 48.9 Å². The number of nitrogens with one attached hydrogen (secondary N) is 1. The van der Waals surface area contributed by atoms with E-state index in [1.807, 2.05) is 0 Å². The van der Waals surface area contributed by atoms with Gasteiger partial charge in [0.2, 0.25) is 5.75 Å². The average molecular weight is 537 g/mol. The number of carbonyl (C=O) groups is 1. The molecule has 0 saturated heterocycles. The Morgan fingerprint density at radius 1 is 0.946 bits per heavy atom. The number of methoxy groups -OCH3 is 4. The van der Waals surface area contributed by atoms with E-state index >= 15 is 0 Å². The Hall–Kier alpha value is -4.19. The summed E-state index contributed by atoms with van der Waals surface area (Å²) in [5.41, 5.74) is -1.37. The van der Waals surface area contributed by atoms with Crippen molar-refractivity contribution in [2.75, 3.05) is 33.8 Å². The van der Waals surface area contributed by atoms with Crippen LogP contribution in [0.1, 0.15) is 16.2 Å². The Labute approximate surface area is 213 Å². The first-order valence-electron chi connectivity index (χ1n) is 10.5. The average Bonchev–Trinajstić information content (AvgIpc) is 3.23. The fourth-order valence-corrected chi connectivity index (χ4v) is 3.84. The summed E-state index contributed by atoms with van der Waals surface area (Å²) in [4.78, 5) is 17.3. The number of hydrogen-bond acceptors (Lipinski definition) is 7. The van der Waals surface area contributed by atoms with E-state index in [4.69, 9.17) is 30.5 Å². The van der Waals surface area contributed by atoms with Crippen LogP contribution in [0.3, 0.4) is 0 Å². The van der Waals surface area contributed by atoms with E-state index in [2.05, 4.69) is 15.4 Å². The summed E-state index contributed by atoms with van der Waals surface area (Å²) in [5.74, 6) is 0.448. The van der Waals surface area contributed by atoms with Crippen LogP contribution in [0.2, 0.25) is 5.02 Å². The van der Waals surface area contributed by atoms with Gasteiger partial charge in [0.1, 0.15) is 10.8 Å². The maximum absolute atomic E-state index is 14.0. The number of alkyl halides is 3. The van der Waals surface area contributed by atoms with E-state index in [1.54, 1.807) is 24.3 Å². The lowest BCUT2D eigenvalue weighted by molar-refractivity contribution is -0.142. The molecule has 2 heterocycles. The molecule has 13 heteroatoms. The standard InChI is InChI=1S/C24H20ClF3N4O5/c1-34-14-7-5-12(6-8-14)15-11-18(24(26,27)28)32-22(30-15)19(25)20(31-32)23(33)29-13-9-16(35-2)21(37-4)17(10-13)36-3/h5-11H,1-4H3,(H,29,33). The summed E-state index contributed by atoms with van der Waals surface area (Å²) < 4.78 is 63.3. The van der Waals surface area contributed by atoms with Crippen LogP contribution in [0, 0.1) is 0 Å². The summed E-state index contributed by atoms with van der Waals surface area (Å²) in [6.07, 6.45) is -4.82. The van der Waals surface area contributed by atoms with Gasteiger partial charge in [-0.15, -0.1) is 0 Å². The molecule has 37 heavy (non-hydrogen) atoms. The summed E-state index contributed by atoms with van der Waals surface area (Å²) in [5, 5.41) is 6.02. The number of fused-ring (bicyclic) bond motifs is 1. The minimum atomic E-state index is -4.82. The van der Waals surface area contributed by atoms with Gasteiger partial charge in [0.15, 0.2) is 28.5 Å². The molecule has 4 aromatic rings. The van der Waals surface area contributed by atoms with Crippen LogP contribution in [0.25, 0.3) is 16.9 Å². The van der Waals surface area contributed by atoms with Gasteiger partial charge in [-0.25, -0.2) is 9.50 Å². The van der Waals surface area contributed by atoms with Gasteiger partial charge in [0.25, 0.3) is 5.91 Å².